The van der Waals surface area contributed by atoms with Gasteiger partial charge in [-0.15, -0.1) is 0 Å². The van der Waals surface area contributed by atoms with E-state index < -0.39 is 35.6 Å². The van der Waals surface area contributed by atoms with Crippen molar-refractivity contribution in [2.75, 3.05) is 12.4 Å². The Balaban J connectivity index is 1.85. The topological polar surface area (TPSA) is 61.8 Å². The molecule has 3 aromatic carbocycles. The molecule has 2 unspecified atom stereocenters. The number of hydrogen-bond donors (Lipinski definition) is 0. The molecule has 1 fully saturated rings. The first-order valence-corrected chi connectivity index (χ1v) is 16.7. The lowest BCUT2D eigenvalue weighted by atomic mass is 10.00. The maximum Gasteiger partial charge on any atom is 0.261 e. The minimum atomic E-state index is -3.69. The molecule has 5 nitrogen and oxygen atoms in total. The van der Waals surface area contributed by atoms with Gasteiger partial charge in [0.15, 0.2) is 15.6 Å². The minimum absolute atomic E-state index is 0.220. The molecular formula is C31H40O5SSi. The van der Waals surface area contributed by atoms with Gasteiger partial charge in [-0.2, -0.15) is 0 Å². The fraction of sp³-hybridized carbons (Fsp3) is 0.419. The van der Waals surface area contributed by atoms with E-state index in [4.69, 9.17) is 13.9 Å². The molecular weight excluding hydrogens is 512 g/mol. The van der Waals surface area contributed by atoms with Crippen molar-refractivity contribution in [2.45, 2.75) is 75.9 Å². The van der Waals surface area contributed by atoms with Crippen molar-refractivity contribution < 1.29 is 22.3 Å². The summed E-state index contributed by atoms with van der Waals surface area (Å²) in [5.74, 6) is -1.18. The second kappa shape index (κ2) is 10.4. The number of aryl methyl sites for hydroxylation is 1. The Morgan fingerprint density at radius 3 is 1.95 bits per heavy atom. The predicted octanol–water partition coefficient (Wildman–Crippen LogP) is 5.26. The molecule has 1 aliphatic rings. The molecule has 0 amide bonds. The van der Waals surface area contributed by atoms with Crippen LogP contribution in [0.4, 0.5) is 0 Å². The molecule has 1 saturated heterocycles. The van der Waals surface area contributed by atoms with Crippen LogP contribution in [0, 0.1) is 6.92 Å². The summed E-state index contributed by atoms with van der Waals surface area (Å²) in [6.07, 6.45) is -0.624. The van der Waals surface area contributed by atoms with Gasteiger partial charge in [0.1, 0.15) is 5.60 Å². The fourth-order valence-corrected chi connectivity index (χ4v) is 12.1. The zero-order valence-electron chi connectivity index (χ0n) is 23.5. The summed E-state index contributed by atoms with van der Waals surface area (Å²) < 4.78 is 47.5. The lowest BCUT2D eigenvalue weighted by Gasteiger charge is -2.52. The van der Waals surface area contributed by atoms with E-state index in [9.17, 15) is 8.42 Å². The number of hydrogen-bond acceptors (Lipinski definition) is 5. The average molecular weight is 553 g/mol. The maximum atomic E-state index is 13.8. The Kier molecular flexibility index (Phi) is 7.82. The van der Waals surface area contributed by atoms with Crippen molar-refractivity contribution in [1.82, 2.24) is 0 Å². The van der Waals surface area contributed by atoms with Crippen molar-refractivity contribution in [3.63, 3.8) is 0 Å². The van der Waals surface area contributed by atoms with E-state index in [1.807, 2.05) is 70.2 Å². The van der Waals surface area contributed by atoms with Crippen LogP contribution in [0.25, 0.3) is 0 Å². The van der Waals surface area contributed by atoms with Crippen LogP contribution in [0.15, 0.2) is 89.8 Å². The molecule has 7 heteroatoms. The van der Waals surface area contributed by atoms with Gasteiger partial charge in [0.05, 0.1) is 23.4 Å². The highest BCUT2D eigenvalue weighted by molar-refractivity contribution is 7.91. The monoisotopic (exact) mass is 552 g/mol. The number of ether oxygens (including phenoxy) is 2. The Labute approximate surface area is 229 Å². The summed E-state index contributed by atoms with van der Waals surface area (Å²) in [5, 5.41) is 1.96. The first-order chi connectivity index (χ1) is 17.7. The van der Waals surface area contributed by atoms with Crippen LogP contribution in [0.5, 0.6) is 0 Å². The normalized spacial score (nSPS) is 22.2. The van der Waals surface area contributed by atoms with Gasteiger partial charge in [0, 0.05) is 0 Å². The molecule has 0 aromatic heterocycles. The average Bonchev–Trinajstić information content (AvgIpc) is 2.83. The molecule has 204 valence electrons. The van der Waals surface area contributed by atoms with Gasteiger partial charge in [-0.05, 0) is 60.8 Å². The summed E-state index contributed by atoms with van der Waals surface area (Å²) >= 11 is 0. The van der Waals surface area contributed by atoms with Crippen LogP contribution in [0.1, 0.15) is 47.1 Å². The molecule has 1 aliphatic heterocycles. The summed E-state index contributed by atoms with van der Waals surface area (Å²) in [4.78, 5) is 0.288. The lowest BCUT2D eigenvalue weighted by molar-refractivity contribution is -0.328. The van der Waals surface area contributed by atoms with E-state index in [0.717, 1.165) is 15.9 Å². The number of rotatable bonds is 7. The Hall–Kier alpha value is -2.29. The van der Waals surface area contributed by atoms with Crippen molar-refractivity contribution in [3.05, 3.63) is 90.5 Å². The number of sulfone groups is 1. The molecule has 0 saturated carbocycles. The Bertz CT molecular complexity index is 1310. The summed E-state index contributed by atoms with van der Waals surface area (Å²) in [5.41, 5.74) is -0.262. The van der Waals surface area contributed by atoms with Crippen LogP contribution < -0.4 is 10.4 Å². The molecule has 3 aromatic rings. The fourth-order valence-electron chi connectivity index (χ4n) is 5.56. The first-order valence-electron chi connectivity index (χ1n) is 13.1. The van der Waals surface area contributed by atoms with Gasteiger partial charge in [0.25, 0.3) is 8.32 Å². The largest absolute Gasteiger partial charge is 0.399 e. The van der Waals surface area contributed by atoms with Crippen LogP contribution in [0.3, 0.4) is 0 Å². The van der Waals surface area contributed by atoms with Gasteiger partial charge < -0.3 is 13.9 Å². The molecule has 2 atom stereocenters. The quantitative estimate of drug-likeness (QED) is 0.375. The molecule has 0 bridgehead atoms. The van der Waals surface area contributed by atoms with E-state index in [2.05, 4.69) is 45.0 Å². The molecule has 0 N–H and O–H groups in total. The third-order valence-electron chi connectivity index (χ3n) is 7.30. The summed E-state index contributed by atoms with van der Waals surface area (Å²) in [7, 11) is -6.68. The Morgan fingerprint density at radius 1 is 0.895 bits per heavy atom. The lowest BCUT2D eigenvalue weighted by Crippen LogP contribution is -2.72. The molecule has 0 spiro atoms. The molecule has 4 rings (SSSR count). The van der Waals surface area contributed by atoms with Crippen LogP contribution in [-0.4, -0.2) is 46.6 Å². The van der Waals surface area contributed by atoms with Crippen LogP contribution in [0.2, 0.25) is 5.04 Å². The maximum absolute atomic E-state index is 13.8. The molecule has 0 radical (unpaired) electrons. The standard InChI is InChI=1S/C31H40O5SSi/c1-24-15-14-16-25(21-24)37(32,33)23-31(7)28(22-34-30(5,6)36-31)35-38(29(2,3)4,26-17-10-8-11-18-26)27-19-12-9-13-20-27/h8-21,28H,22-23H2,1-7H3. The smallest absolute Gasteiger partial charge is 0.261 e. The minimum Gasteiger partial charge on any atom is -0.399 e. The van der Waals surface area contributed by atoms with E-state index >= 15 is 0 Å². The third-order valence-corrected chi connectivity index (χ3v) is 14.3. The van der Waals surface area contributed by atoms with Gasteiger partial charge >= 0.3 is 0 Å². The van der Waals surface area contributed by atoms with E-state index in [1.165, 1.54) is 0 Å². The highest BCUT2D eigenvalue weighted by Gasteiger charge is 2.57. The third kappa shape index (κ3) is 5.68. The molecule has 0 aliphatic carbocycles. The van der Waals surface area contributed by atoms with Gasteiger partial charge in [0.2, 0.25) is 0 Å². The second-order valence-corrected chi connectivity index (χ2v) is 18.2. The number of benzene rings is 3. The molecule has 1 heterocycles. The van der Waals surface area contributed by atoms with E-state index in [0.29, 0.717) is 0 Å². The zero-order chi connectivity index (χ0) is 27.8. The van der Waals surface area contributed by atoms with Gasteiger partial charge in [-0.1, -0.05) is 93.6 Å². The van der Waals surface area contributed by atoms with Crippen molar-refractivity contribution in [2.24, 2.45) is 0 Å². The highest BCUT2D eigenvalue weighted by Crippen LogP contribution is 2.42. The van der Waals surface area contributed by atoms with Crippen molar-refractivity contribution in [3.8, 4) is 0 Å². The van der Waals surface area contributed by atoms with E-state index in [-0.39, 0.29) is 22.3 Å². The second-order valence-electron chi connectivity index (χ2n) is 12.0. The van der Waals surface area contributed by atoms with Gasteiger partial charge in [-0.3, -0.25) is 0 Å². The van der Waals surface area contributed by atoms with Crippen molar-refractivity contribution in [1.29, 1.82) is 0 Å². The summed E-state index contributed by atoms with van der Waals surface area (Å²) in [6, 6.07) is 27.7. The first kappa shape index (κ1) is 28.7. The van der Waals surface area contributed by atoms with Crippen LogP contribution in [-0.2, 0) is 23.7 Å². The predicted molar refractivity (Wildman–Crippen MR) is 155 cm³/mol. The van der Waals surface area contributed by atoms with Gasteiger partial charge in [-0.25, -0.2) is 8.42 Å². The zero-order valence-corrected chi connectivity index (χ0v) is 25.3. The molecule has 38 heavy (non-hydrogen) atoms. The summed E-state index contributed by atoms with van der Waals surface area (Å²) in [6.45, 7) is 14.2. The van der Waals surface area contributed by atoms with Crippen LogP contribution >= 0.6 is 0 Å². The highest BCUT2D eigenvalue weighted by atomic mass is 32.2. The van der Waals surface area contributed by atoms with Crippen molar-refractivity contribution >= 4 is 28.5 Å². The van der Waals surface area contributed by atoms with E-state index in [1.54, 1.807) is 18.2 Å². The Morgan fingerprint density at radius 2 is 1.45 bits per heavy atom. The SMILES string of the molecule is Cc1cccc(S(=O)(=O)CC2(C)OC(C)(C)OCC2O[Si](c2ccccc2)(c2ccccc2)C(C)(C)C)c1.